The van der Waals surface area contributed by atoms with Crippen LogP contribution in [0.1, 0.15) is 28.4 Å². The van der Waals surface area contributed by atoms with Crippen LogP contribution in [0.5, 0.6) is 5.75 Å². The van der Waals surface area contributed by atoms with Gasteiger partial charge in [-0.3, -0.25) is 4.79 Å². The minimum absolute atomic E-state index is 0.101. The van der Waals surface area contributed by atoms with Crippen molar-refractivity contribution in [3.05, 3.63) is 101 Å². The molecule has 0 aromatic heterocycles. The third-order valence-electron chi connectivity index (χ3n) is 5.20. The average molecular weight is 447 g/mol. The summed E-state index contributed by atoms with van der Waals surface area (Å²) in [5.74, 6) is 0.303. The van der Waals surface area contributed by atoms with Gasteiger partial charge in [-0.2, -0.15) is 12.8 Å². The third kappa shape index (κ3) is 4.20. The lowest BCUT2D eigenvalue weighted by Gasteiger charge is -2.19. The molecular weight excluding hydrogens is 424 g/mol. The van der Waals surface area contributed by atoms with Gasteiger partial charge in [-0.05, 0) is 42.3 Å². The first-order chi connectivity index (χ1) is 15.4. The Morgan fingerprint density at radius 2 is 1.56 bits per heavy atom. The van der Waals surface area contributed by atoms with Gasteiger partial charge < -0.3 is 10.1 Å². The van der Waals surface area contributed by atoms with E-state index in [0.29, 0.717) is 22.6 Å². The summed E-state index contributed by atoms with van der Waals surface area (Å²) in [6, 6.07) is 20.7. The van der Waals surface area contributed by atoms with E-state index in [9.17, 15) is 13.2 Å². The second-order valence-electron chi connectivity index (χ2n) is 7.21. The van der Waals surface area contributed by atoms with E-state index in [0.717, 1.165) is 12.0 Å². The van der Waals surface area contributed by atoms with Crippen LogP contribution in [0.25, 0.3) is 0 Å². The number of para-hydroxylation sites is 2. The number of carbonyl (C=O) groups excluding carboxylic acids is 1. The van der Waals surface area contributed by atoms with Crippen LogP contribution in [-0.4, -0.2) is 27.0 Å². The number of ether oxygens (including phenoxy) is 1. The molecule has 0 saturated heterocycles. The topological polar surface area (TPSA) is 84.8 Å². The van der Waals surface area contributed by atoms with Crippen molar-refractivity contribution >= 4 is 27.2 Å². The summed E-state index contributed by atoms with van der Waals surface area (Å²) in [5.41, 5.74) is 2.87. The van der Waals surface area contributed by atoms with Crippen LogP contribution in [-0.2, 0) is 16.4 Å². The number of hydrogen-bond acceptors (Lipinski definition) is 5. The van der Waals surface area contributed by atoms with Crippen LogP contribution in [0.3, 0.4) is 0 Å². The second-order valence-corrected chi connectivity index (χ2v) is 8.81. The fourth-order valence-electron chi connectivity index (χ4n) is 3.47. The molecule has 4 rings (SSSR count). The molecule has 0 heterocycles. The summed E-state index contributed by atoms with van der Waals surface area (Å²) in [6.45, 7) is 2.00. The molecule has 32 heavy (non-hydrogen) atoms. The van der Waals surface area contributed by atoms with Crippen LogP contribution in [0.15, 0.2) is 93.9 Å². The molecule has 6 nitrogen and oxygen atoms in total. The third-order valence-corrected chi connectivity index (χ3v) is 6.50. The van der Waals surface area contributed by atoms with E-state index < -0.39 is 10.0 Å². The number of allylic oxidation sites excluding steroid dienone is 2. The zero-order valence-electron chi connectivity index (χ0n) is 17.7. The van der Waals surface area contributed by atoms with Crippen molar-refractivity contribution in [1.29, 1.82) is 0 Å². The van der Waals surface area contributed by atoms with Gasteiger partial charge in [-0.25, -0.2) is 0 Å². The van der Waals surface area contributed by atoms with Crippen molar-refractivity contribution in [2.75, 3.05) is 12.4 Å². The Morgan fingerprint density at radius 3 is 2.25 bits per heavy atom. The van der Waals surface area contributed by atoms with E-state index >= 15 is 0 Å². The molecule has 1 aliphatic carbocycles. The number of benzene rings is 3. The SMILES string of the molecule is CCc1ccc(S(=O)(=O)N=C2C=C(Nc3ccccc3OC)C(=O)c3ccccc32)cc1. The quantitative estimate of drug-likeness (QED) is 0.597. The average Bonchev–Trinajstić information content (AvgIpc) is 2.82. The summed E-state index contributed by atoms with van der Waals surface area (Å²) in [4.78, 5) is 13.2. The van der Waals surface area contributed by atoms with Crippen molar-refractivity contribution < 1.29 is 17.9 Å². The number of carbonyl (C=O) groups is 1. The molecule has 0 aliphatic heterocycles. The summed E-state index contributed by atoms with van der Waals surface area (Å²) >= 11 is 0. The first-order valence-electron chi connectivity index (χ1n) is 10.1. The predicted octanol–water partition coefficient (Wildman–Crippen LogP) is 4.63. The van der Waals surface area contributed by atoms with Gasteiger partial charge in [0.05, 0.1) is 29.1 Å². The van der Waals surface area contributed by atoms with Crippen molar-refractivity contribution in [2.45, 2.75) is 18.2 Å². The number of ketones is 1. The predicted molar refractivity (Wildman–Crippen MR) is 125 cm³/mol. The Kier molecular flexibility index (Phi) is 5.92. The first kappa shape index (κ1) is 21.5. The molecule has 0 radical (unpaired) electrons. The zero-order valence-corrected chi connectivity index (χ0v) is 18.5. The van der Waals surface area contributed by atoms with Crippen molar-refractivity contribution in [2.24, 2.45) is 4.40 Å². The lowest BCUT2D eigenvalue weighted by atomic mass is 9.92. The van der Waals surface area contributed by atoms with E-state index in [1.165, 1.54) is 13.2 Å². The molecule has 0 atom stereocenters. The fraction of sp³-hybridized carbons (Fsp3) is 0.120. The normalized spacial score (nSPS) is 14.6. The Hall–Kier alpha value is -3.71. The highest BCUT2D eigenvalue weighted by atomic mass is 32.2. The number of sulfonamides is 1. The highest BCUT2D eigenvalue weighted by Crippen LogP contribution is 2.29. The van der Waals surface area contributed by atoms with E-state index in [1.807, 2.05) is 19.1 Å². The maximum atomic E-state index is 13.1. The molecule has 1 aliphatic rings. The molecular formula is C25H22N2O4S. The number of aryl methyl sites for hydroxylation is 1. The van der Waals surface area contributed by atoms with Crippen LogP contribution < -0.4 is 10.1 Å². The number of nitrogens with one attached hydrogen (secondary N) is 1. The van der Waals surface area contributed by atoms with Crippen molar-refractivity contribution in [3.8, 4) is 5.75 Å². The monoisotopic (exact) mass is 446 g/mol. The summed E-state index contributed by atoms with van der Waals surface area (Å²) < 4.78 is 35.5. The van der Waals surface area contributed by atoms with Crippen LogP contribution in [0, 0.1) is 0 Å². The minimum Gasteiger partial charge on any atom is -0.495 e. The second kappa shape index (κ2) is 8.80. The van der Waals surface area contributed by atoms with Crippen LogP contribution in [0.4, 0.5) is 5.69 Å². The molecule has 0 fully saturated rings. The van der Waals surface area contributed by atoms with E-state index in [-0.39, 0.29) is 22.1 Å². The molecule has 0 saturated carbocycles. The lowest BCUT2D eigenvalue weighted by molar-refractivity contribution is 0.103. The Bertz CT molecular complexity index is 1340. The summed E-state index contributed by atoms with van der Waals surface area (Å²) in [7, 11) is -2.44. The van der Waals surface area contributed by atoms with Gasteiger partial charge in [-0.1, -0.05) is 55.5 Å². The maximum Gasteiger partial charge on any atom is 0.282 e. The van der Waals surface area contributed by atoms with Crippen molar-refractivity contribution in [3.63, 3.8) is 0 Å². The van der Waals surface area contributed by atoms with Crippen LogP contribution >= 0.6 is 0 Å². The van der Waals surface area contributed by atoms with Gasteiger partial charge in [0.2, 0.25) is 5.78 Å². The molecule has 0 bridgehead atoms. The lowest BCUT2D eigenvalue weighted by Crippen LogP contribution is -2.22. The maximum absolute atomic E-state index is 13.1. The van der Waals surface area contributed by atoms with Crippen molar-refractivity contribution in [1.82, 2.24) is 0 Å². The van der Waals surface area contributed by atoms with Gasteiger partial charge >= 0.3 is 0 Å². The number of hydrogen-bond donors (Lipinski definition) is 1. The molecule has 1 N–H and O–H groups in total. The molecule has 7 heteroatoms. The highest BCUT2D eigenvalue weighted by Gasteiger charge is 2.26. The number of methoxy groups -OCH3 is 1. The number of Topliss-reactive ketones (excluding diaryl/α,β-unsaturated/α-hetero) is 1. The Balaban J connectivity index is 1.80. The zero-order chi connectivity index (χ0) is 22.7. The van der Waals surface area contributed by atoms with Gasteiger partial charge in [0, 0.05) is 11.1 Å². The molecule has 3 aromatic rings. The van der Waals surface area contributed by atoms with E-state index in [1.54, 1.807) is 60.7 Å². The van der Waals surface area contributed by atoms with Gasteiger partial charge in [0.15, 0.2) is 0 Å². The Morgan fingerprint density at radius 1 is 0.906 bits per heavy atom. The standard InChI is InChI=1S/C25H22N2O4S/c1-3-17-12-14-18(15-13-17)32(29,30)27-22-16-23(25(28)20-9-5-4-8-19(20)22)26-21-10-6-7-11-24(21)31-2/h4-16,26H,3H2,1-2H3. The summed E-state index contributed by atoms with van der Waals surface area (Å²) in [6.07, 6.45) is 2.28. The number of rotatable bonds is 6. The van der Waals surface area contributed by atoms with Gasteiger partial charge in [0.1, 0.15) is 5.75 Å². The summed E-state index contributed by atoms with van der Waals surface area (Å²) in [5, 5.41) is 3.07. The molecule has 3 aromatic carbocycles. The smallest absolute Gasteiger partial charge is 0.282 e. The molecule has 0 spiro atoms. The number of anilines is 1. The minimum atomic E-state index is -3.97. The van der Waals surface area contributed by atoms with E-state index in [2.05, 4.69) is 9.71 Å². The first-order valence-corrected chi connectivity index (χ1v) is 11.6. The fourth-order valence-corrected chi connectivity index (χ4v) is 4.47. The van der Waals surface area contributed by atoms with Gasteiger partial charge in [0.25, 0.3) is 10.0 Å². The Labute approximate surface area is 187 Å². The number of fused-ring (bicyclic) bond motifs is 1. The highest BCUT2D eigenvalue weighted by molar-refractivity contribution is 7.90. The van der Waals surface area contributed by atoms with Crippen LogP contribution in [0.2, 0.25) is 0 Å². The molecule has 0 unspecified atom stereocenters. The molecule has 0 amide bonds. The van der Waals surface area contributed by atoms with E-state index in [4.69, 9.17) is 4.74 Å². The molecule has 162 valence electrons. The largest absolute Gasteiger partial charge is 0.495 e. The number of nitrogens with zero attached hydrogens (tertiary/aromatic N) is 1. The van der Waals surface area contributed by atoms with Gasteiger partial charge in [-0.15, -0.1) is 0 Å².